The SMILES string of the molecule is CCOC(=O)CN(CCOCCOCCOCCNC(=O)OCc1ccccc1)C(=O)OC(C)(C)C. The quantitative estimate of drug-likeness (QED) is 0.191. The van der Waals surface area contributed by atoms with Crippen molar-refractivity contribution in [3.63, 3.8) is 0 Å². The molecule has 0 unspecified atom stereocenters. The standard InChI is InChI=1S/C25H40N2O9/c1-5-34-22(28)19-27(24(30)36-25(2,3)4)12-14-32-16-18-33-17-15-31-13-11-26-23(29)35-20-21-9-7-6-8-10-21/h6-10H,5,11-20H2,1-4H3,(H,26,29). The molecule has 11 nitrogen and oxygen atoms in total. The fraction of sp³-hybridized carbons (Fsp3) is 0.640. The molecule has 0 aliphatic rings. The smallest absolute Gasteiger partial charge is 0.410 e. The molecule has 1 N–H and O–H groups in total. The molecule has 0 aromatic heterocycles. The molecule has 0 saturated heterocycles. The summed E-state index contributed by atoms with van der Waals surface area (Å²) in [6.07, 6.45) is -1.10. The van der Waals surface area contributed by atoms with Crippen LogP contribution in [0.1, 0.15) is 33.3 Å². The van der Waals surface area contributed by atoms with Crippen LogP contribution in [0.15, 0.2) is 30.3 Å². The Bertz CT molecular complexity index is 754. The van der Waals surface area contributed by atoms with Crippen LogP contribution in [0.3, 0.4) is 0 Å². The van der Waals surface area contributed by atoms with Crippen LogP contribution in [-0.4, -0.2) is 94.5 Å². The maximum absolute atomic E-state index is 12.3. The highest BCUT2D eigenvalue weighted by Crippen LogP contribution is 2.10. The predicted octanol–water partition coefficient (Wildman–Crippen LogP) is 2.76. The first kappa shape index (κ1) is 31.1. The van der Waals surface area contributed by atoms with Crippen molar-refractivity contribution in [1.29, 1.82) is 0 Å². The zero-order chi connectivity index (χ0) is 26.7. The lowest BCUT2D eigenvalue weighted by molar-refractivity contribution is -0.144. The molecule has 0 radical (unpaired) electrons. The average Bonchev–Trinajstić information content (AvgIpc) is 2.82. The van der Waals surface area contributed by atoms with Crippen LogP contribution in [0.2, 0.25) is 0 Å². The van der Waals surface area contributed by atoms with Crippen molar-refractivity contribution in [2.24, 2.45) is 0 Å². The molecule has 1 aromatic rings. The highest BCUT2D eigenvalue weighted by molar-refractivity contribution is 5.78. The first-order valence-electron chi connectivity index (χ1n) is 12.0. The Labute approximate surface area is 213 Å². The van der Waals surface area contributed by atoms with E-state index in [9.17, 15) is 14.4 Å². The van der Waals surface area contributed by atoms with Gasteiger partial charge in [0.05, 0.1) is 46.2 Å². The van der Waals surface area contributed by atoms with Crippen molar-refractivity contribution in [2.45, 2.75) is 39.9 Å². The number of esters is 1. The number of rotatable bonds is 17. The summed E-state index contributed by atoms with van der Waals surface area (Å²) in [4.78, 5) is 37.0. The molecule has 0 aliphatic heterocycles. The van der Waals surface area contributed by atoms with Gasteiger partial charge in [0, 0.05) is 13.1 Å². The first-order valence-corrected chi connectivity index (χ1v) is 12.0. The van der Waals surface area contributed by atoms with Crippen LogP contribution >= 0.6 is 0 Å². The lowest BCUT2D eigenvalue weighted by Gasteiger charge is -2.26. The normalized spacial score (nSPS) is 11.0. The Hall–Kier alpha value is -2.89. The third-order valence-corrected chi connectivity index (χ3v) is 4.26. The van der Waals surface area contributed by atoms with Crippen molar-refractivity contribution >= 4 is 18.2 Å². The Morgan fingerprint density at radius 2 is 1.47 bits per heavy atom. The first-order chi connectivity index (χ1) is 17.2. The van der Waals surface area contributed by atoms with Gasteiger partial charge in [-0.25, -0.2) is 9.59 Å². The van der Waals surface area contributed by atoms with Crippen molar-refractivity contribution in [3.05, 3.63) is 35.9 Å². The highest BCUT2D eigenvalue weighted by Gasteiger charge is 2.24. The second kappa shape index (κ2) is 18.4. The van der Waals surface area contributed by atoms with E-state index in [1.54, 1.807) is 27.7 Å². The van der Waals surface area contributed by atoms with E-state index in [1.807, 2.05) is 30.3 Å². The maximum Gasteiger partial charge on any atom is 0.410 e. The number of carbonyl (C=O) groups is 3. The monoisotopic (exact) mass is 512 g/mol. The largest absolute Gasteiger partial charge is 0.465 e. The van der Waals surface area contributed by atoms with Crippen LogP contribution < -0.4 is 5.32 Å². The summed E-state index contributed by atoms with van der Waals surface area (Å²) in [6.45, 7) is 9.65. The molecule has 1 rings (SSSR count). The molecular weight excluding hydrogens is 472 g/mol. The second-order valence-electron chi connectivity index (χ2n) is 8.53. The summed E-state index contributed by atoms with van der Waals surface area (Å²) in [7, 11) is 0. The summed E-state index contributed by atoms with van der Waals surface area (Å²) in [5.74, 6) is -0.508. The number of hydrogen-bond acceptors (Lipinski definition) is 9. The average molecular weight is 513 g/mol. The Morgan fingerprint density at radius 3 is 2.08 bits per heavy atom. The molecular formula is C25H40N2O9. The summed E-state index contributed by atoms with van der Waals surface area (Å²) in [5, 5.41) is 2.61. The molecule has 11 heteroatoms. The summed E-state index contributed by atoms with van der Waals surface area (Å²) < 4.78 is 31.6. The molecule has 0 bridgehead atoms. The van der Waals surface area contributed by atoms with E-state index >= 15 is 0 Å². The van der Waals surface area contributed by atoms with Gasteiger partial charge in [-0.2, -0.15) is 0 Å². The molecule has 0 fully saturated rings. The number of nitrogens with zero attached hydrogens (tertiary/aromatic N) is 1. The Morgan fingerprint density at radius 1 is 0.861 bits per heavy atom. The third kappa shape index (κ3) is 16.7. The summed E-state index contributed by atoms with van der Waals surface area (Å²) in [5.41, 5.74) is 0.241. The lowest BCUT2D eigenvalue weighted by Crippen LogP contribution is -2.42. The minimum absolute atomic E-state index is 0.178. The lowest BCUT2D eigenvalue weighted by atomic mass is 10.2. The van der Waals surface area contributed by atoms with Crippen LogP contribution in [-0.2, 0) is 39.8 Å². The molecule has 0 atom stereocenters. The van der Waals surface area contributed by atoms with Crippen LogP contribution in [0, 0.1) is 0 Å². The minimum Gasteiger partial charge on any atom is -0.465 e. The fourth-order valence-electron chi connectivity index (χ4n) is 2.64. The summed E-state index contributed by atoms with van der Waals surface area (Å²) >= 11 is 0. The number of carbonyl (C=O) groups excluding carboxylic acids is 3. The van der Waals surface area contributed by atoms with Gasteiger partial charge in [-0.15, -0.1) is 0 Å². The predicted molar refractivity (Wildman–Crippen MR) is 132 cm³/mol. The van der Waals surface area contributed by atoms with Gasteiger partial charge in [-0.1, -0.05) is 30.3 Å². The van der Waals surface area contributed by atoms with Crippen molar-refractivity contribution in [3.8, 4) is 0 Å². The Kier molecular flexibility index (Phi) is 15.9. The molecule has 36 heavy (non-hydrogen) atoms. The topological polar surface area (TPSA) is 122 Å². The van der Waals surface area contributed by atoms with Crippen molar-refractivity contribution in [1.82, 2.24) is 10.2 Å². The number of hydrogen-bond donors (Lipinski definition) is 1. The summed E-state index contributed by atoms with van der Waals surface area (Å²) in [6, 6.07) is 9.43. The van der Waals surface area contributed by atoms with Gasteiger partial charge < -0.3 is 33.7 Å². The van der Waals surface area contributed by atoms with Crippen LogP contribution in [0.25, 0.3) is 0 Å². The van der Waals surface area contributed by atoms with E-state index in [-0.39, 0.29) is 32.9 Å². The van der Waals surface area contributed by atoms with Crippen molar-refractivity contribution < 1.29 is 42.8 Å². The Balaban J connectivity index is 2.04. The number of alkyl carbamates (subject to hydrolysis) is 1. The molecule has 0 spiro atoms. The molecule has 1 aromatic carbocycles. The zero-order valence-electron chi connectivity index (χ0n) is 21.8. The molecule has 0 aliphatic carbocycles. The number of ether oxygens (including phenoxy) is 6. The van der Waals surface area contributed by atoms with Gasteiger partial charge >= 0.3 is 18.2 Å². The van der Waals surface area contributed by atoms with Gasteiger partial charge in [-0.3, -0.25) is 9.69 Å². The third-order valence-electron chi connectivity index (χ3n) is 4.26. The van der Waals surface area contributed by atoms with Gasteiger partial charge in [0.1, 0.15) is 18.8 Å². The van der Waals surface area contributed by atoms with Gasteiger partial charge in [-0.05, 0) is 33.3 Å². The van der Waals surface area contributed by atoms with Crippen molar-refractivity contribution in [2.75, 3.05) is 65.9 Å². The van der Waals surface area contributed by atoms with Crippen LogP contribution in [0.4, 0.5) is 9.59 Å². The molecule has 2 amide bonds. The maximum atomic E-state index is 12.3. The van der Waals surface area contributed by atoms with E-state index in [0.717, 1.165) is 5.56 Å². The van der Waals surface area contributed by atoms with Gasteiger partial charge in [0.25, 0.3) is 0 Å². The van der Waals surface area contributed by atoms with Gasteiger partial charge in [0.15, 0.2) is 0 Å². The minimum atomic E-state index is -0.678. The van der Waals surface area contributed by atoms with E-state index in [2.05, 4.69) is 5.32 Å². The van der Waals surface area contributed by atoms with E-state index in [1.165, 1.54) is 4.90 Å². The number of nitrogens with one attached hydrogen (secondary N) is 1. The van der Waals surface area contributed by atoms with E-state index in [4.69, 9.17) is 28.4 Å². The van der Waals surface area contributed by atoms with E-state index < -0.39 is 23.8 Å². The molecule has 0 heterocycles. The molecule has 0 saturated carbocycles. The highest BCUT2D eigenvalue weighted by atomic mass is 16.6. The van der Waals surface area contributed by atoms with Crippen LogP contribution in [0.5, 0.6) is 0 Å². The second-order valence-corrected chi connectivity index (χ2v) is 8.53. The zero-order valence-corrected chi connectivity index (χ0v) is 21.8. The van der Waals surface area contributed by atoms with E-state index in [0.29, 0.717) is 39.6 Å². The number of amides is 2. The fourth-order valence-corrected chi connectivity index (χ4v) is 2.64. The van der Waals surface area contributed by atoms with Gasteiger partial charge in [0.2, 0.25) is 0 Å². The number of benzene rings is 1. The molecule has 204 valence electrons.